The normalized spacial score (nSPS) is 47.9. The molecule has 9 aliphatic rings. The van der Waals surface area contributed by atoms with Crippen LogP contribution in [0, 0.1) is 35.5 Å². The van der Waals surface area contributed by atoms with Gasteiger partial charge in [-0.15, -0.1) is 0 Å². The van der Waals surface area contributed by atoms with Gasteiger partial charge < -0.3 is 44.5 Å². The van der Waals surface area contributed by atoms with Gasteiger partial charge in [0, 0.05) is 13.1 Å². The number of aliphatic hydroxyl groups excluding tert-OH is 5. The first-order valence-corrected chi connectivity index (χ1v) is 17.5. The Labute approximate surface area is 270 Å². The van der Waals surface area contributed by atoms with Gasteiger partial charge in [-0.25, -0.2) is 0 Å². The van der Waals surface area contributed by atoms with Crippen LogP contribution in [0.5, 0.6) is 0 Å². The van der Waals surface area contributed by atoms with Crippen molar-refractivity contribution in [3.63, 3.8) is 0 Å². The molecule has 8 aliphatic carbocycles. The lowest BCUT2D eigenvalue weighted by Crippen LogP contribution is -2.61. The molecular weight excluding hydrogens is 596 g/mol. The Bertz CT molecular complexity index is 1090. The van der Waals surface area contributed by atoms with Gasteiger partial charge in [0.25, 0.3) is 0 Å². The van der Waals surface area contributed by atoms with Crippen LogP contribution in [0.4, 0.5) is 0 Å². The molecule has 46 heavy (non-hydrogen) atoms. The molecule has 8 atom stereocenters. The number of rotatable bonds is 12. The number of aliphatic hydroxyl groups is 5. The number of aliphatic imine (C=N–C) groups is 2. The zero-order valence-electron chi connectivity index (χ0n) is 26.8. The Morgan fingerprint density at radius 2 is 1.30 bits per heavy atom. The average Bonchev–Trinajstić information content (AvgIpc) is 2.99. The topological polar surface area (TPSA) is 180 Å². The molecule has 258 valence electrons. The smallest absolute Gasteiger partial charge is 0.303 e. The Morgan fingerprint density at radius 3 is 1.74 bits per heavy atom. The second-order valence-electron chi connectivity index (χ2n) is 16.0. The summed E-state index contributed by atoms with van der Waals surface area (Å²) in [7, 11) is 0. The molecule has 1 heterocycles. The number of carbonyl (C=O) groups excluding carboxylic acids is 1. The van der Waals surface area contributed by atoms with Crippen molar-refractivity contribution < 1.29 is 49.3 Å². The predicted octanol–water partition coefficient (Wildman–Crippen LogP) is 1.52. The van der Waals surface area contributed by atoms with Crippen molar-refractivity contribution in [3.8, 4) is 0 Å². The quantitative estimate of drug-likeness (QED) is 0.118. The Balaban J connectivity index is 1.10. The fraction of sp³-hybridized carbons (Fsp3) is 0.912. The number of carbonyl (C=O) groups is 1. The lowest BCUT2D eigenvalue weighted by molar-refractivity contribution is -0.315. The van der Waals surface area contributed by atoms with Crippen LogP contribution in [0.25, 0.3) is 0 Å². The van der Waals surface area contributed by atoms with Gasteiger partial charge in [0.1, 0.15) is 30.5 Å². The number of esters is 1. The van der Waals surface area contributed by atoms with Crippen molar-refractivity contribution in [1.82, 2.24) is 0 Å². The molecule has 8 unspecified atom stereocenters. The van der Waals surface area contributed by atoms with Gasteiger partial charge in [-0.05, 0) is 113 Å². The zero-order valence-corrected chi connectivity index (χ0v) is 26.8. The van der Waals surface area contributed by atoms with Gasteiger partial charge in [-0.2, -0.15) is 0 Å². The molecular formula is C34H52N2O10. The van der Waals surface area contributed by atoms with E-state index in [1.807, 2.05) is 0 Å². The summed E-state index contributed by atoms with van der Waals surface area (Å²) in [4.78, 5) is 21.8. The first-order chi connectivity index (χ1) is 22.0. The van der Waals surface area contributed by atoms with Gasteiger partial charge in [-0.3, -0.25) is 14.8 Å². The second-order valence-corrected chi connectivity index (χ2v) is 16.0. The van der Waals surface area contributed by atoms with Gasteiger partial charge in [0.2, 0.25) is 0 Å². The van der Waals surface area contributed by atoms with E-state index in [2.05, 4.69) is 0 Å². The Hall–Kier alpha value is -1.51. The summed E-state index contributed by atoms with van der Waals surface area (Å²) in [6, 6.07) is 0. The maximum absolute atomic E-state index is 11.8. The minimum atomic E-state index is -1.61. The first-order valence-electron chi connectivity index (χ1n) is 17.5. The second kappa shape index (κ2) is 13.1. The Kier molecular flexibility index (Phi) is 9.38. The lowest BCUT2D eigenvalue weighted by atomic mass is 9.53. The molecule has 0 aromatic rings. The van der Waals surface area contributed by atoms with Crippen molar-refractivity contribution in [2.24, 2.45) is 45.5 Å². The third kappa shape index (κ3) is 6.70. The fourth-order valence-electron chi connectivity index (χ4n) is 11.2. The SMILES string of the molecule is CC(=O)OC1C(O)C(CO)OC(OC(C=NC23CC4CC(CC(C4)C2)C3)C(CO)OC(O)C=NC23CC4CC(CC(C4)C2)C3)C1O. The van der Waals surface area contributed by atoms with Gasteiger partial charge >= 0.3 is 5.97 Å². The van der Waals surface area contributed by atoms with Crippen molar-refractivity contribution in [2.45, 2.75) is 144 Å². The molecule has 8 saturated carbocycles. The summed E-state index contributed by atoms with van der Waals surface area (Å²) in [5, 5.41) is 53.1. The molecule has 0 aromatic heterocycles. The first kappa shape index (κ1) is 33.0. The number of ether oxygens (including phenoxy) is 4. The Morgan fingerprint density at radius 1 is 0.826 bits per heavy atom. The average molecular weight is 649 g/mol. The highest BCUT2D eigenvalue weighted by Gasteiger charge is 2.53. The molecule has 1 aliphatic heterocycles. The van der Waals surface area contributed by atoms with Crippen LogP contribution < -0.4 is 0 Å². The molecule has 0 radical (unpaired) electrons. The summed E-state index contributed by atoms with van der Waals surface area (Å²) >= 11 is 0. The highest BCUT2D eigenvalue weighted by molar-refractivity contribution is 5.66. The summed E-state index contributed by atoms with van der Waals surface area (Å²) in [5.74, 6) is 3.32. The van der Waals surface area contributed by atoms with E-state index >= 15 is 0 Å². The maximum atomic E-state index is 11.8. The molecule has 8 bridgehead atoms. The van der Waals surface area contributed by atoms with Crippen LogP contribution in [-0.2, 0) is 23.7 Å². The van der Waals surface area contributed by atoms with Crippen molar-refractivity contribution in [1.29, 1.82) is 0 Å². The van der Waals surface area contributed by atoms with E-state index in [1.54, 1.807) is 6.21 Å². The molecule has 5 N–H and O–H groups in total. The molecule has 12 nitrogen and oxygen atoms in total. The van der Waals surface area contributed by atoms with Crippen molar-refractivity contribution >= 4 is 18.4 Å². The number of nitrogens with zero attached hydrogens (tertiary/aromatic N) is 2. The molecule has 1 saturated heterocycles. The van der Waals surface area contributed by atoms with Gasteiger partial charge in [-0.1, -0.05) is 0 Å². The minimum Gasteiger partial charge on any atom is -0.457 e. The number of hydrogen-bond donors (Lipinski definition) is 5. The third-order valence-electron chi connectivity index (χ3n) is 12.3. The number of hydrogen-bond acceptors (Lipinski definition) is 12. The van der Waals surface area contributed by atoms with E-state index in [0.717, 1.165) is 45.4 Å². The van der Waals surface area contributed by atoms with E-state index < -0.39 is 68.4 Å². The molecule has 9 fully saturated rings. The molecule has 0 amide bonds. The van der Waals surface area contributed by atoms with Crippen LogP contribution in [0.15, 0.2) is 9.98 Å². The summed E-state index contributed by atoms with van der Waals surface area (Å²) in [6.07, 6.45) is 5.91. The van der Waals surface area contributed by atoms with Crippen LogP contribution in [0.2, 0.25) is 0 Å². The van der Waals surface area contributed by atoms with Crippen molar-refractivity contribution in [3.05, 3.63) is 0 Å². The van der Waals surface area contributed by atoms with Crippen LogP contribution in [0.3, 0.4) is 0 Å². The van der Waals surface area contributed by atoms with E-state index in [4.69, 9.17) is 28.9 Å². The van der Waals surface area contributed by atoms with E-state index in [1.165, 1.54) is 44.7 Å². The highest BCUT2D eigenvalue weighted by Crippen LogP contribution is 2.58. The molecule has 12 heteroatoms. The van der Waals surface area contributed by atoms with E-state index in [-0.39, 0.29) is 11.1 Å². The maximum Gasteiger partial charge on any atom is 0.303 e. The zero-order chi connectivity index (χ0) is 32.2. The van der Waals surface area contributed by atoms with Crippen LogP contribution in [-0.4, -0.2) is 117 Å². The van der Waals surface area contributed by atoms with Gasteiger partial charge in [0.05, 0.1) is 30.5 Å². The molecule has 9 rings (SSSR count). The monoisotopic (exact) mass is 648 g/mol. The molecule has 0 aromatic carbocycles. The van der Waals surface area contributed by atoms with Crippen LogP contribution in [0.1, 0.15) is 84.0 Å². The third-order valence-corrected chi connectivity index (χ3v) is 12.3. The van der Waals surface area contributed by atoms with E-state index in [0.29, 0.717) is 35.5 Å². The summed E-state index contributed by atoms with van der Waals surface area (Å²) < 4.78 is 23.1. The summed E-state index contributed by atoms with van der Waals surface area (Å²) in [5.41, 5.74) is -0.388. The van der Waals surface area contributed by atoms with Crippen LogP contribution >= 0.6 is 0 Å². The van der Waals surface area contributed by atoms with E-state index in [9.17, 15) is 30.3 Å². The highest BCUT2D eigenvalue weighted by atomic mass is 16.7. The lowest BCUT2D eigenvalue weighted by Gasteiger charge is -2.55. The minimum absolute atomic E-state index is 0.157. The largest absolute Gasteiger partial charge is 0.457 e. The van der Waals surface area contributed by atoms with Gasteiger partial charge in [0.15, 0.2) is 18.7 Å². The molecule has 0 spiro atoms. The fourth-order valence-corrected chi connectivity index (χ4v) is 11.2. The summed E-state index contributed by atoms with van der Waals surface area (Å²) in [6.45, 7) is 0.000680. The predicted molar refractivity (Wildman–Crippen MR) is 165 cm³/mol. The van der Waals surface area contributed by atoms with Crippen molar-refractivity contribution in [2.75, 3.05) is 13.2 Å². The standard InChI is InChI=1S/C34H52N2O10/c1-18(39)43-31-29(41)27(17-38)46-32(30(31)42)45-25(14-35-33-8-19-2-20(9-33)4-21(3-19)10-33)26(16-37)44-28(40)15-36-34-11-22-5-23(12-34)7-24(6-22)13-34/h14-15,19-32,37-38,40-42H,2-13,16-17H2,1H3.